The predicted octanol–water partition coefficient (Wildman–Crippen LogP) is 1.36. The van der Waals surface area contributed by atoms with Crippen LogP contribution in [0.5, 0.6) is 0 Å². The average Bonchev–Trinajstić information content (AvgIpc) is 2.89. The van der Waals surface area contributed by atoms with Crippen molar-refractivity contribution in [3.05, 3.63) is 11.1 Å². The lowest BCUT2D eigenvalue weighted by Crippen LogP contribution is -2.43. The van der Waals surface area contributed by atoms with E-state index >= 15 is 0 Å². The van der Waals surface area contributed by atoms with E-state index in [1.54, 1.807) is 14.0 Å². The van der Waals surface area contributed by atoms with Gasteiger partial charge >= 0.3 is 11.9 Å². The van der Waals surface area contributed by atoms with Gasteiger partial charge in [-0.25, -0.2) is 0 Å². The molecular weight excluding hydrogens is 300 g/mol. The SMILES string of the molecule is COC1CC2C(=C1C)C1OC(=O)C(C)C1(O)CCC2OC(C)=O. The molecule has 0 amide bonds. The fraction of sp³-hybridized carbons (Fsp3) is 0.765. The molecule has 6 nitrogen and oxygen atoms in total. The quantitative estimate of drug-likeness (QED) is 0.610. The molecule has 1 saturated heterocycles. The maximum Gasteiger partial charge on any atom is 0.312 e. The zero-order chi connectivity index (χ0) is 16.9. The molecule has 6 atom stereocenters. The summed E-state index contributed by atoms with van der Waals surface area (Å²) in [5, 5.41) is 11.1. The van der Waals surface area contributed by atoms with E-state index in [4.69, 9.17) is 14.2 Å². The Hall–Kier alpha value is -1.40. The van der Waals surface area contributed by atoms with Crippen molar-refractivity contribution in [2.75, 3.05) is 7.11 Å². The summed E-state index contributed by atoms with van der Waals surface area (Å²) in [4.78, 5) is 23.5. The standard InChI is InChI=1S/C17H24O6/c1-8-13(21-4)7-11-12(22-10(3)18)5-6-17(20)9(2)16(19)23-15(17)14(8)11/h9,11-13,15,20H,5-7H2,1-4H3. The summed E-state index contributed by atoms with van der Waals surface area (Å²) in [5.41, 5.74) is 0.603. The number of carbonyl (C=O) groups excluding carboxylic acids is 2. The third-order valence-electron chi connectivity index (χ3n) is 5.76. The van der Waals surface area contributed by atoms with Gasteiger partial charge in [0.2, 0.25) is 0 Å². The first-order valence-corrected chi connectivity index (χ1v) is 8.13. The minimum Gasteiger partial charge on any atom is -0.462 e. The van der Waals surface area contributed by atoms with Crippen LogP contribution in [0.4, 0.5) is 0 Å². The van der Waals surface area contributed by atoms with Crippen LogP contribution in [0, 0.1) is 11.8 Å². The summed E-state index contributed by atoms with van der Waals surface area (Å²) in [6, 6.07) is 0. The van der Waals surface area contributed by atoms with Crippen molar-refractivity contribution < 1.29 is 28.9 Å². The number of fused-ring (bicyclic) bond motifs is 3. The molecule has 0 bridgehead atoms. The second-order valence-electron chi connectivity index (χ2n) is 6.92. The molecule has 0 radical (unpaired) electrons. The first kappa shape index (κ1) is 16.5. The van der Waals surface area contributed by atoms with E-state index in [1.807, 2.05) is 6.92 Å². The first-order valence-electron chi connectivity index (χ1n) is 8.13. The van der Waals surface area contributed by atoms with E-state index in [9.17, 15) is 14.7 Å². The van der Waals surface area contributed by atoms with Gasteiger partial charge in [-0.15, -0.1) is 0 Å². The second-order valence-corrected chi connectivity index (χ2v) is 6.92. The van der Waals surface area contributed by atoms with Crippen molar-refractivity contribution in [3.63, 3.8) is 0 Å². The summed E-state index contributed by atoms with van der Waals surface area (Å²) in [6.45, 7) is 5.03. The number of hydrogen-bond donors (Lipinski definition) is 1. The lowest BCUT2D eigenvalue weighted by Gasteiger charge is -2.30. The van der Waals surface area contributed by atoms with Gasteiger partial charge in [-0.05, 0) is 44.3 Å². The highest BCUT2D eigenvalue weighted by Crippen LogP contribution is 2.51. The Kier molecular flexibility index (Phi) is 4.01. The molecule has 6 heteroatoms. The van der Waals surface area contributed by atoms with Gasteiger partial charge in [0.15, 0.2) is 6.10 Å². The van der Waals surface area contributed by atoms with Crippen molar-refractivity contribution in [1.29, 1.82) is 0 Å². The number of ether oxygens (including phenoxy) is 3. The summed E-state index contributed by atoms with van der Waals surface area (Å²) in [6.07, 6.45) is 0.450. The van der Waals surface area contributed by atoms with Crippen LogP contribution in [-0.4, -0.2) is 48.1 Å². The summed E-state index contributed by atoms with van der Waals surface area (Å²) < 4.78 is 16.6. The van der Waals surface area contributed by atoms with Crippen molar-refractivity contribution in [2.45, 2.75) is 63.9 Å². The third kappa shape index (κ3) is 2.39. The molecule has 1 aliphatic heterocycles. The van der Waals surface area contributed by atoms with E-state index in [2.05, 4.69) is 0 Å². The normalized spacial score (nSPS) is 42.8. The van der Waals surface area contributed by atoms with E-state index in [-0.39, 0.29) is 30.1 Å². The molecule has 3 rings (SSSR count). The summed E-state index contributed by atoms with van der Waals surface area (Å²) >= 11 is 0. The molecule has 0 aromatic rings. The monoisotopic (exact) mass is 324 g/mol. The molecule has 0 aromatic carbocycles. The first-order chi connectivity index (χ1) is 10.8. The van der Waals surface area contributed by atoms with Crippen LogP contribution >= 0.6 is 0 Å². The van der Waals surface area contributed by atoms with E-state index in [1.165, 1.54) is 6.92 Å². The molecule has 1 saturated carbocycles. The van der Waals surface area contributed by atoms with Crippen molar-refractivity contribution in [1.82, 2.24) is 0 Å². The van der Waals surface area contributed by atoms with Gasteiger partial charge in [-0.3, -0.25) is 9.59 Å². The Morgan fingerprint density at radius 3 is 2.74 bits per heavy atom. The summed E-state index contributed by atoms with van der Waals surface area (Å²) in [7, 11) is 1.64. The van der Waals surface area contributed by atoms with Crippen LogP contribution < -0.4 is 0 Å². The lowest BCUT2D eigenvalue weighted by molar-refractivity contribution is -0.150. The topological polar surface area (TPSA) is 82.1 Å². The van der Waals surface area contributed by atoms with E-state index in [0.717, 1.165) is 11.1 Å². The fourth-order valence-electron chi connectivity index (χ4n) is 4.40. The minimum atomic E-state index is -1.25. The van der Waals surface area contributed by atoms with Crippen LogP contribution in [0.1, 0.15) is 40.0 Å². The average molecular weight is 324 g/mol. The van der Waals surface area contributed by atoms with E-state index < -0.39 is 17.6 Å². The smallest absolute Gasteiger partial charge is 0.312 e. The van der Waals surface area contributed by atoms with Crippen LogP contribution in [0.25, 0.3) is 0 Å². The number of hydrogen-bond acceptors (Lipinski definition) is 6. The third-order valence-corrected chi connectivity index (χ3v) is 5.76. The molecule has 1 N–H and O–H groups in total. The highest BCUT2D eigenvalue weighted by atomic mass is 16.6. The molecular formula is C17H24O6. The second kappa shape index (κ2) is 5.60. The Morgan fingerprint density at radius 2 is 2.13 bits per heavy atom. The molecule has 2 aliphatic carbocycles. The molecule has 128 valence electrons. The zero-order valence-corrected chi connectivity index (χ0v) is 14.0. The van der Waals surface area contributed by atoms with Crippen LogP contribution in [-0.2, 0) is 23.8 Å². The van der Waals surface area contributed by atoms with Gasteiger partial charge in [0.1, 0.15) is 11.7 Å². The highest BCUT2D eigenvalue weighted by molar-refractivity contribution is 5.77. The largest absolute Gasteiger partial charge is 0.462 e. The van der Waals surface area contributed by atoms with Crippen LogP contribution in [0.2, 0.25) is 0 Å². The van der Waals surface area contributed by atoms with Gasteiger partial charge in [0.25, 0.3) is 0 Å². The number of aliphatic hydroxyl groups is 1. The van der Waals surface area contributed by atoms with Gasteiger partial charge in [-0.2, -0.15) is 0 Å². The maximum absolute atomic E-state index is 12.0. The van der Waals surface area contributed by atoms with Crippen molar-refractivity contribution >= 4 is 11.9 Å². The lowest BCUT2D eigenvalue weighted by atomic mass is 9.80. The molecule has 6 unspecified atom stereocenters. The van der Waals surface area contributed by atoms with Crippen LogP contribution in [0.3, 0.4) is 0 Å². The highest BCUT2D eigenvalue weighted by Gasteiger charge is 2.60. The molecule has 0 aromatic heterocycles. The Bertz CT molecular complexity index is 567. The van der Waals surface area contributed by atoms with Crippen molar-refractivity contribution in [3.8, 4) is 0 Å². The Labute approximate surface area is 135 Å². The molecule has 23 heavy (non-hydrogen) atoms. The number of esters is 2. The zero-order valence-electron chi connectivity index (χ0n) is 14.0. The number of methoxy groups -OCH3 is 1. The molecule has 0 spiro atoms. The molecule has 1 heterocycles. The molecule has 2 fully saturated rings. The van der Waals surface area contributed by atoms with Gasteiger partial charge in [-0.1, -0.05) is 0 Å². The van der Waals surface area contributed by atoms with Gasteiger partial charge in [0, 0.05) is 20.0 Å². The van der Waals surface area contributed by atoms with Gasteiger partial charge < -0.3 is 19.3 Å². The Balaban J connectivity index is 2.05. The number of carbonyl (C=O) groups is 2. The predicted molar refractivity (Wildman–Crippen MR) is 80.4 cm³/mol. The maximum atomic E-state index is 12.0. The Morgan fingerprint density at radius 1 is 1.43 bits per heavy atom. The number of rotatable bonds is 2. The van der Waals surface area contributed by atoms with Gasteiger partial charge in [0.05, 0.1) is 12.0 Å². The minimum absolute atomic E-state index is 0.0824. The van der Waals surface area contributed by atoms with Crippen LogP contribution in [0.15, 0.2) is 11.1 Å². The fourth-order valence-corrected chi connectivity index (χ4v) is 4.40. The van der Waals surface area contributed by atoms with Crippen molar-refractivity contribution in [2.24, 2.45) is 11.8 Å². The molecule has 3 aliphatic rings. The van der Waals surface area contributed by atoms with E-state index in [0.29, 0.717) is 19.3 Å². The summed E-state index contributed by atoms with van der Waals surface area (Å²) in [5.74, 6) is -1.38.